The molecule has 0 saturated heterocycles. The van der Waals surface area contributed by atoms with Gasteiger partial charge in [-0.1, -0.05) is 75.4 Å². The highest BCUT2D eigenvalue weighted by Crippen LogP contribution is 2.28. The number of fused-ring (bicyclic) bond motifs is 1. The minimum absolute atomic E-state index is 0.0479. The van der Waals surface area contributed by atoms with Gasteiger partial charge in [0.05, 0.1) is 0 Å². The second-order valence-electron chi connectivity index (χ2n) is 9.17. The Bertz CT molecular complexity index is 1210. The van der Waals surface area contributed by atoms with Gasteiger partial charge in [0, 0.05) is 35.5 Å². The van der Waals surface area contributed by atoms with Crippen LogP contribution in [0.15, 0.2) is 71.5 Å². The molecule has 158 valence electrons. The van der Waals surface area contributed by atoms with Gasteiger partial charge in [0.2, 0.25) is 0 Å². The van der Waals surface area contributed by atoms with Gasteiger partial charge in [0.1, 0.15) is 0 Å². The molecule has 4 nitrogen and oxygen atoms in total. The zero-order valence-electron chi connectivity index (χ0n) is 18.5. The van der Waals surface area contributed by atoms with Crippen molar-refractivity contribution in [2.24, 2.45) is 0 Å². The summed E-state index contributed by atoms with van der Waals surface area (Å²) >= 11 is 0. The molecule has 0 bridgehead atoms. The fourth-order valence-corrected chi connectivity index (χ4v) is 3.90. The van der Waals surface area contributed by atoms with Crippen LogP contribution in [0.1, 0.15) is 59.1 Å². The first-order chi connectivity index (χ1) is 14.7. The number of carbonyl (C=O) groups excluding carboxylic acids is 1. The van der Waals surface area contributed by atoms with Crippen LogP contribution < -0.4 is 5.56 Å². The van der Waals surface area contributed by atoms with Gasteiger partial charge in [-0.15, -0.1) is 0 Å². The number of benzene rings is 2. The van der Waals surface area contributed by atoms with Gasteiger partial charge in [-0.2, -0.15) is 0 Å². The summed E-state index contributed by atoms with van der Waals surface area (Å²) in [4.78, 5) is 29.9. The number of rotatable bonds is 4. The minimum atomic E-state index is -0.0978. The third kappa shape index (κ3) is 4.24. The minimum Gasteiger partial charge on any atom is -0.331 e. The Morgan fingerprint density at radius 3 is 2.35 bits per heavy atom. The molecule has 1 N–H and O–H groups in total. The van der Waals surface area contributed by atoms with Crippen molar-refractivity contribution in [1.29, 1.82) is 0 Å². The van der Waals surface area contributed by atoms with Gasteiger partial charge in [-0.25, -0.2) is 0 Å². The van der Waals surface area contributed by atoms with Gasteiger partial charge in [-0.05, 0) is 41.2 Å². The number of hydrogen-bond donors (Lipinski definition) is 1. The van der Waals surface area contributed by atoms with E-state index in [0.717, 1.165) is 28.0 Å². The summed E-state index contributed by atoms with van der Waals surface area (Å²) in [6, 6.07) is 19.9. The number of aromatic nitrogens is 1. The highest BCUT2D eigenvalue weighted by atomic mass is 16.2. The predicted molar refractivity (Wildman–Crippen MR) is 125 cm³/mol. The number of nitrogens with one attached hydrogen (secondary N) is 1. The molecule has 0 aliphatic carbocycles. The summed E-state index contributed by atoms with van der Waals surface area (Å²) in [7, 11) is 0. The first-order valence-electron chi connectivity index (χ1n) is 10.6. The Hall–Kier alpha value is -3.40. The van der Waals surface area contributed by atoms with Crippen LogP contribution in [0.25, 0.3) is 5.57 Å². The SMILES string of the molecule is Cc1ccc(/C(=C/CN2Cc3ccccc3C2=O)c2ccc(C(C)(C)C)cc2)[nH]c1=O. The Morgan fingerprint density at radius 2 is 1.71 bits per heavy atom. The molecule has 0 unspecified atom stereocenters. The van der Waals surface area contributed by atoms with Gasteiger partial charge in [0.15, 0.2) is 0 Å². The molecule has 0 radical (unpaired) electrons. The lowest BCUT2D eigenvalue weighted by atomic mass is 9.86. The van der Waals surface area contributed by atoms with E-state index < -0.39 is 0 Å². The molecule has 2 aromatic carbocycles. The Morgan fingerprint density at radius 1 is 1.00 bits per heavy atom. The average Bonchev–Trinajstić information content (AvgIpc) is 3.06. The van der Waals surface area contributed by atoms with Crippen LogP contribution in [-0.4, -0.2) is 22.3 Å². The third-order valence-electron chi connectivity index (χ3n) is 5.87. The zero-order valence-corrected chi connectivity index (χ0v) is 18.5. The molecule has 0 spiro atoms. The summed E-state index contributed by atoms with van der Waals surface area (Å²) in [5.74, 6) is 0.0479. The molecule has 3 aromatic rings. The molecule has 0 fully saturated rings. The maximum absolute atomic E-state index is 12.8. The lowest BCUT2D eigenvalue weighted by Gasteiger charge is -2.20. The molecule has 0 atom stereocenters. The van der Waals surface area contributed by atoms with Crippen molar-refractivity contribution in [3.05, 3.63) is 111 Å². The van der Waals surface area contributed by atoms with Crippen molar-refractivity contribution in [1.82, 2.24) is 9.88 Å². The molecule has 1 aromatic heterocycles. The maximum Gasteiger partial charge on any atom is 0.254 e. The van der Waals surface area contributed by atoms with Crippen molar-refractivity contribution in [3.63, 3.8) is 0 Å². The summed E-state index contributed by atoms with van der Waals surface area (Å²) in [5, 5.41) is 0. The van der Waals surface area contributed by atoms with E-state index in [1.54, 1.807) is 6.92 Å². The van der Waals surface area contributed by atoms with E-state index >= 15 is 0 Å². The number of aromatic amines is 1. The zero-order chi connectivity index (χ0) is 22.2. The van der Waals surface area contributed by atoms with E-state index in [-0.39, 0.29) is 16.9 Å². The number of H-pyrrole nitrogens is 1. The number of carbonyl (C=O) groups is 1. The van der Waals surface area contributed by atoms with Gasteiger partial charge in [-0.3, -0.25) is 9.59 Å². The van der Waals surface area contributed by atoms with Crippen LogP contribution in [0.5, 0.6) is 0 Å². The molecule has 2 heterocycles. The highest BCUT2D eigenvalue weighted by molar-refractivity contribution is 5.98. The van der Waals surface area contributed by atoms with Crippen LogP contribution >= 0.6 is 0 Å². The summed E-state index contributed by atoms with van der Waals surface area (Å²) in [5.41, 5.74) is 6.40. The van der Waals surface area contributed by atoms with Crippen molar-refractivity contribution in [2.45, 2.75) is 39.7 Å². The van der Waals surface area contributed by atoms with Crippen molar-refractivity contribution < 1.29 is 4.79 Å². The van der Waals surface area contributed by atoms with Crippen LogP contribution in [0.4, 0.5) is 0 Å². The van der Waals surface area contributed by atoms with Gasteiger partial charge < -0.3 is 9.88 Å². The monoisotopic (exact) mass is 412 g/mol. The van der Waals surface area contributed by atoms with Crippen LogP contribution in [0.2, 0.25) is 0 Å². The molecule has 0 saturated carbocycles. The Balaban J connectivity index is 1.70. The highest BCUT2D eigenvalue weighted by Gasteiger charge is 2.26. The molecule has 31 heavy (non-hydrogen) atoms. The van der Waals surface area contributed by atoms with E-state index in [9.17, 15) is 9.59 Å². The number of hydrogen-bond acceptors (Lipinski definition) is 2. The van der Waals surface area contributed by atoms with Crippen LogP contribution in [0, 0.1) is 6.92 Å². The smallest absolute Gasteiger partial charge is 0.254 e. The van der Waals surface area contributed by atoms with Crippen molar-refractivity contribution in [3.8, 4) is 0 Å². The van der Waals surface area contributed by atoms with E-state index in [2.05, 4.69) is 50.0 Å². The molecule has 4 rings (SSSR count). The summed E-state index contributed by atoms with van der Waals surface area (Å²) < 4.78 is 0. The van der Waals surface area contributed by atoms with Crippen LogP contribution in [0.3, 0.4) is 0 Å². The fraction of sp³-hybridized carbons (Fsp3) is 0.259. The van der Waals surface area contributed by atoms with E-state index in [0.29, 0.717) is 18.7 Å². The standard InChI is InChI=1S/C27H28N2O2/c1-18-9-14-24(28-25(18)30)22(19-10-12-21(13-11-19)27(2,3)4)15-16-29-17-20-7-5-6-8-23(20)26(29)31/h5-15H,16-17H2,1-4H3,(H,28,30)/b22-15+. The molecule has 1 amide bonds. The third-order valence-corrected chi connectivity index (χ3v) is 5.87. The van der Waals surface area contributed by atoms with Crippen molar-refractivity contribution >= 4 is 11.5 Å². The molecule has 1 aliphatic heterocycles. The van der Waals surface area contributed by atoms with E-state index in [1.165, 1.54) is 5.56 Å². The quantitative estimate of drug-likeness (QED) is 0.651. The Kier molecular flexibility index (Phi) is 5.40. The molecule has 1 aliphatic rings. The summed E-state index contributed by atoms with van der Waals surface area (Å²) in [6.45, 7) is 9.43. The molecular formula is C27H28N2O2. The van der Waals surface area contributed by atoms with Gasteiger partial charge in [0.25, 0.3) is 11.5 Å². The van der Waals surface area contributed by atoms with Gasteiger partial charge >= 0.3 is 0 Å². The topological polar surface area (TPSA) is 53.2 Å². The second kappa shape index (κ2) is 8.03. The van der Waals surface area contributed by atoms with E-state index in [4.69, 9.17) is 0 Å². The predicted octanol–water partition coefficient (Wildman–Crippen LogP) is 5.07. The number of nitrogens with zero attached hydrogens (tertiary/aromatic N) is 1. The number of pyridine rings is 1. The van der Waals surface area contributed by atoms with Crippen LogP contribution in [-0.2, 0) is 12.0 Å². The van der Waals surface area contributed by atoms with Crippen molar-refractivity contribution in [2.75, 3.05) is 6.54 Å². The molecular weight excluding hydrogens is 384 g/mol. The summed E-state index contributed by atoms with van der Waals surface area (Å²) in [6.07, 6.45) is 2.04. The lowest BCUT2D eigenvalue weighted by Crippen LogP contribution is -2.24. The Labute approximate surface area is 183 Å². The maximum atomic E-state index is 12.8. The normalized spacial score (nSPS) is 14.1. The average molecular weight is 413 g/mol. The number of aryl methyl sites for hydroxylation is 1. The first-order valence-corrected chi connectivity index (χ1v) is 10.6. The number of amides is 1. The molecule has 4 heteroatoms. The largest absolute Gasteiger partial charge is 0.331 e. The van der Waals surface area contributed by atoms with E-state index in [1.807, 2.05) is 47.4 Å². The lowest BCUT2D eigenvalue weighted by molar-refractivity contribution is 0.0796. The fourth-order valence-electron chi connectivity index (χ4n) is 3.90. The first kappa shape index (κ1) is 20.9. The second-order valence-corrected chi connectivity index (χ2v) is 9.17.